The molecule has 0 unspecified atom stereocenters. The normalized spacial score (nSPS) is 9.89. The van der Waals surface area contributed by atoms with Crippen molar-refractivity contribution in [3.05, 3.63) is 84.6 Å². The van der Waals surface area contributed by atoms with Gasteiger partial charge in [0.2, 0.25) is 0 Å². The van der Waals surface area contributed by atoms with Gasteiger partial charge >= 0.3 is 0 Å². The number of benzene rings is 2. The fourth-order valence-corrected chi connectivity index (χ4v) is 2.41. The van der Waals surface area contributed by atoms with E-state index in [1.165, 1.54) is 0 Å². The topological polar surface area (TPSA) is 90.7 Å². The van der Waals surface area contributed by atoms with Crippen LogP contribution in [-0.4, -0.2) is 22.4 Å². The van der Waals surface area contributed by atoms with Crippen molar-refractivity contribution in [2.45, 2.75) is 0 Å². The van der Waals surface area contributed by atoms with Crippen molar-refractivity contribution in [1.29, 1.82) is 5.26 Å². The van der Waals surface area contributed by atoms with Crippen LogP contribution in [0.1, 0.15) is 16.1 Å². The molecule has 0 fully saturated rings. The predicted molar refractivity (Wildman–Crippen MR) is 105 cm³/mol. The number of nitrogens with one attached hydrogen (secondary N) is 2. The number of nitriles is 1. The van der Waals surface area contributed by atoms with E-state index in [2.05, 4.69) is 27.2 Å². The molecule has 0 aliphatic heterocycles. The van der Waals surface area contributed by atoms with Crippen LogP contribution in [0.5, 0.6) is 0 Å². The Morgan fingerprint density at radius 1 is 1.11 bits per heavy atom. The van der Waals surface area contributed by atoms with Crippen LogP contribution in [0.3, 0.4) is 0 Å². The highest BCUT2D eigenvalue weighted by Gasteiger charge is 2.13. The van der Waals surface area contributed by atoms with Crippen LogP contribution in [0.2, 0.25) is 0 Å². The second-order valence-electron chi connectivity index (χ2n) is 5.64. The highest BCUT2D eigenvalue weighted by molar-refractivity contribution is 6.03. The Kier molecular flexibility index (Phi) is 5.55. The molecule has 2 aromatic carbocycles. The van der Waals surface area contributed by atoms with E-state index in [0.29, 0.717) is 29.4 Å². The van der Waals surface area contributed by atoms with Crippen molar-refractivity contribution in [2.75, 3.05) is 17.2 Å². The molecule has 0 bridgehead atoms. The first-order valence-corrected chi connectivity index (χ1v) is 8.30. The predicted octanol–water partition coefficient (Wildman–Crippen LogP) is 3.87. The zero-order valence-corrected chi connectivity index (χ0v) is 14.5. The first-order valence-electron chi connectivity index (χ1n) is 8.30. The molecule has 27 heavy (non-hydrogen) atoms. The van der Waals surface area contributed by atoms with Gasteiger partial charge in [0.15, 0.2) is 5.82 Å². The molecule has 2 N–H and O–H groups in total. The van der Waals surface area contributed by atoms with Gasteiger partial charge in [-0.3, -0.25) is 4.79 Å². The Bertz CT molecular complexity index is 1010. The molecular formula is C21H17N5O. The summed E-state index contributed by atoms with van der Waals surface area (Å²) in [6.45, 7) is 4.18. The standard InChI is InChI=1S/C21H17N5O/c1-2-11-23-19-13-18(25-20(26-19)16-8-4-3-5-9-16)21(27)24-17-10-6-7-15(12-17)14-22/h2-10,12-13H,1,11H2,(H,24,27)(H,23,25,26). The van der Waals surface area contributed by atoms with Crippen molar-refractivity contribution >= 4 is 17.4 Å². The van der Waals surface area contributed by atoms with Crippen LogP contribution < -0.4 is 10.6 Å². The molecule has 0 saturated carbocycles. The Labute approximate surface area is 157 Å². The largest absolute Gasteiger partial charge is 0.366 e. The lowest BCUT2D eigenvalue weighted by atomic mass is 10.2. The summed E-state index contributed by atoms with van der Waals surface area (Å²) in [4.78, 5) is 21.6. The molecule has 0 spiro atoms. The zero-order chi connectivity index (χ0) is 19.1. The summed E-state index contributed by atoms with van der Waals surface area (Å²) in [6, 6.07) is 19.8. The van der Waals surface area contributed by atoms with E-state index >= 15 is 0 Å². The summed E-state index contributed by atoms with van der Waals surface area (Å²) in [7, 11) is 0. The number of anilines is 2. The molecule has 0 saturated heterocycles. The number of aromatic nitrogens is 2. The van der Waals surface area contributed by atoms with Gasteiger partial charge in [0.05, 0.1) is 11.6 Å². The van der Waals surface area contributed by atoms with Gasteiger partial charge in [0.1, 0.15) is 11.5 Å². The summed E-state index contributed by atoms with van der Waals surface area (Å²) < 4.78 is 0. The molecule has 6 heteroatoms. The van der Waals surface area contributed by atoms with Crippen molar-refractivity contribution in [3.8, 4) is 17.5 Å². The van der Waals surface area contributed by atoms with E-state index < -0.39 is 0 Å². The molecule has 3 aromatic rings. The second-order valence-corrected chi connectivity index (χ2v) is 5.64. The van der Waals surface area contributed by atoms with Gasteiger partial charge in [-0.25, -0.2) is 9.97 Å². The quantitative estimate of drug-likeness (QED) is 0.655. The number of hydrogen-bond acceptors (Lipinski definition) is 5. The van der Waals surface area contributed by atoms with E-state index in [1.54, 1.807) is 36.4 Å². The fraction of sp³-hybridized carbons (Fsp3) is 0.0476. The maximum absolute atomic E-state index is 12.7. The molecule has 0 radical (unpaired) electrons. The molecule has 1 heterocycles. The summed E-state index contributed by atoms with van der Waals surface area (Å²) >= 11 is 0. The number of carbonyl (C=O) groups excluding carboxylic acids is 1. The van der Waals surface area contributed by atoms with Gasteiger partial charge < -0.3 is 10.6 Å². The lowest BCUT2D eigenvalue weighted by Crippen LogP contribution is -2.16. The molecule has 0 aliphatic carbocycles. The van der Waals surface area contributed by atoms with Crippen LogP contribution in [0.25, 0.3) is 11.4 Å². The first-order chi connectivity index (χ1) is 13.2. The molecule has 1 amide bonds. The Morgan fingerprint density at radius 3 is 2.67 bits per heavy atom. The fourth-order valence-electron chi connectivity index (χ4n) is 2.41. The maximum atomic E-state index is 12.7. The van der Waals surface area contributed by atoms with E-state index in [1.807, 2.05) is 36.4 Å². The summed E-state index contributed by atoms with van der Waals surface area (Å²) in [5.74, 6) is 0.589. The van der Waals surface area contributed by atoms with Crippen LogP contribution in [0, 0.1) is 11.3 Å². The van der Waals surface area contributed by atoms with Crippen molar-refractivity contribution in [3.63, 3.8) is 0 Å². The van der Waals surface area contributed by atoms with Crippen LogP contribution in [-0.2, 0) is 0 Å². The van der Waals surface area contributed by atoms with Crippen LogP contribution in [0.15, 0.2) is 73.3 Å². The summed E-state index contributed by atoms with van der Waals surface area (Å²) in [5, 5.41) is 14.9. The van der Waals surface area contributed by atoms with Gasteiger partial charge in [0, 0.05) is 23.9 Å². The Balaban J connectivity index is 1.94. The number of amides is 1. The summed E-state index contributed by atoms with van der Waals surface area (Å²) in [5.41, 5.74) is 2.02. The lowest BCUT2D eigenvalue weighted by molar-refractivity contribution is 0.102. The van der Waals surface area contributed by atoms with E-state index in [-0.39, 0.29) is 11.6 Å². The van der Waals surface area contributed by atoms with Gasteiger partial charge in [-0.2, -0.15) is 5.26 Å². The van der Waals surface area contributed by atoms with E-state index in [4.69, 9.17) is 5.26 Å². The van der Waals surface area contributed by atoms with Gasteiger partial charge in [-0.1, -0.05) is 42.5 Å². The molecular weight excluding hydrogens is 338 g/mol. The van der Waals surface area contributed by atoms with Gasteiger partial charge in [-0.05, 0) is 18.2 Å². The minimum absolute atomic E-state index is 0.220. The van der Waals surface area contributed by atoms with E-state index in [0.717, 1.165) is 5.56 Å². The molecule has 132 valence electrons. The highest BCUT2D eigenvalue weighted by Crippen LogP contribution is 2.19. The second kappa shape index (κ2) is 8.41. The zero-order valence-electron chi connectivity index (χ0n) is 14.5. The minimum atomic E-state index is -0.383. The van der Waals surface area contributed by atoms with Crippen molar-refractivity contribution in [1.82, 2.24) is 9.97 Å². The third-order valence-corrected chi connectivity index (χ3v) is 3.67. The molecule has 0 aliphatic rings. The Morgan fingerprint density at radius 2 is 1.93 bits per heavy atom. The SMILES string of the molecule is C=CCNc1cc(C(=O)Nc2cccc(C#N)c2)nc(-c2ccccc2)n1. The first kappa shape index (κ1) is 17.8. The third-order valence-electron chi connectivity index (χ3n) is 3.67. The van der Waals surface area contributed by atoms with Crippen molar-refractivity contribution in [2.24, 2.45) is 0 Å². The molecule has 6 nitrogen and oxygen atoms in total. The number of hydrogen-bond donors (Lipinski definition) is 2. The minimum Gasteiger partial charge on any atom is -0.366 e. The molecule has 3 rings (SSSR count). The van der Waals surface area contributed by atoms with Crippen molar-refractivity contribution < 1.29 is 4.79 Å². The van der Waals surface area contributed by atoms with Crippen LogP contribution >= 0.6 is 0 Å². The highest BCUT2D eigenvalue weighted by atomic mass is 16.1. The molecule has 1 aromatic heterocycles. The summed E-state index contributed by atoms with van der Waals surface area (Å²) in [6.07, 6.45) is 1.71. The number of carbonyl (C=O) groups is 1. The van der Waals surface area contributed by atoms with Gasteiger partial charge in [0.25, 0.3) is 5.91 Å². The average molecular weight is 355 g/mol. The molecule has 0 atom stereocenters. The van der Waals surface area contributed by atoms with Gasteiger partial charge in [-0.15, -0.1) is 6.58 Å². The number of rotatable bonds is 6. The van der Waals surface area contributed by atoms with E-state index in [9.17, 15) is 4.79 Å². The third kappa shape index (κ3) is 4.55. The number of nitrogens with zero attached hydrogens (tertiary/aromatic N) is 3. The maximum Gasteiger partial charge on any atom is 0.274 e. The smallest absolute Gasteiger partial charge is 0.274 e. The monoisotopic (exact) mass is 355 g/mol. The Hall–Kier alpha value is -3.98. The average Bonchev–Trinajstić information content (AvgIpc) is 2.72. The lowest BCUT2D eigenvalue weighted by Gasteiger charge is -2.10. The van der Waals surface area contributed by atoms with Crippen LogP contribution in [0.4, 0.5) is 11.5 Å².